The first-order chi connectivity index (χ1) is 9.56. The van der Waals surface area contributed by atoms with Crippen LogP contribution in [0, 0.1) is 17.1 Å². The second-order valence-electron chi connectivity index (χ2n) is 4.02. The van der Waals surface area contributed by atoms with Crippen molar-refractivity contribution in [1.29, 1.82) is 5.26 Å². The van der Waals surface area contributed by atoms with E-state index in [1.165, 1.54) is 23.0 Å². The van der Waals surface area contributed by atoms with Gasteiger partial charge in [0.05, 0.1) is 17.4 Å². The van der Waals surface area contributed by atoms with Crippen molar-refractivity contribution < 1.29 is 9.18 Å². The van der Waals surface area contributed by atoms with E-state index < -0.39 is 11.7 Å². The highest BCUT2D eigenvalue weighted by Gasteiger charge is 2.16. The van der Waals surface area contributed by atoms with Crippen molar-refractivity contribution >= 4 is 17.3 Å². The summed E-state index contributed by atoms with van der Waals surface area (Å²) in [7, 11) is 0. The van der Waals surface area contributed by atoms with Crippen LogP contribution in [-0.2, 0) is 6.54 Å². The molecule has 0 aliphatic carbocycles. The summed E-state index contributed by atoms with van der Waals surface area (Å²) in [6.45, 7) is 2.32. The van der Waals surface area contributed by atoms with Crippen molar-refractivity contribution in [3.8, 4) is 6.07 Å². The summed E-state index contributed by atoms with van der Waals surface area (Å²) >= 11 is 0. The number of carbonyl (C=O) groups is 1. The van der Waals surface area contributed by atoms with Gasteiger partial charge in [0.25, 0.3) is 5.91 Å². The Bertz CT molecular complexity index is 701. The predicted molar refractivity (Wildman–Crippen MR) is 71.4 cm³/mol. The quantitative estimate of drug-likeness (QED) is 0.890. The van der Waals surface area contributed by atoms with E-state index in [1.807, 2.05) is 6.92 Å². The lowest BCUT2D eigenvalue weighted by atomic mass is 10.2. The molecule has 1 amide bonds. The average Bonchev–Trinajstić information content (AvgIpc) is 2.82. The van der Waals surface area contributed by atoms with Crippen LogP contribution < -0.4 is 11.1 Å². The third-order valence-electron chi connectivity index (χ3n) is 2.73. The standard InChI is InChI=1S/C13H12FN5O/c1-2-19-12(11(16)7-17-19)13(20)18-9-3-4-10(14)8(5-9)6-15/h3-5,7H,2,16H2,1H3,(H,18,20). The minimum absolute atomic E-state index is 0.139. The van der Waals surface area contributed by atoms with Gasteiger partial charge in [-0.2, -0.15) is 10.4 Å². The zero-order valence-electron chi connectivity index (χ0n) is 10.7. The minimum atomic E-state index is -0.636. The van der Waals surface area contributed by atoms with Crippen molar-refractivity contribution in [1.82, 2.24) is 9.78 Å². The number of nitriles is 1. The van der Waals surface area contributed by atoms with Gasteiger partial charge in [0.1, 0.15) is 17.6 Å². The molecule has 2 aromatic rings. The van der Waals surface area contributed by atoms with Crippen molar-refractivity contribution in [2.24, 2.45) is 0 Å². The normalized spacial score (nSPS) is 10.1. The second-order valence-corrected chi connectivity index (χ2v) is 4.02. The number of hydrogen-bond donors (Lipinski definition) is 2. The summed E-state index contributed by atoms with van der Waals surface area (Å²) in [6.07, 6.45) is 1.39. The molecule has 0 fully saturated rings. The van der Waals surface area contributed by atoms with Crippen LogP contribution in [0.4, 0.5) is 15.8 Å². The van der Waals surface area contributed by atoms with E-state index in [-0.39, 0.29) is 16.9 Å². The second kappa shape index (κ2) is 5.40. The van der Waals surface area contributed by atoms with E-state index in [0.29, 0.717) is 12.2 Å². The maximum atomic E-state index is 13.2. The van der Waals surface area contributed by atoms with Crippen LogP contribution in [0.1, 0.15) is 23.0 Å². The number of aryl methyl sites for hydroxylation is 1. The number of nitrogens with two attached hydrogens (primary N) is 1. The molecule has 0 spiro atoms. The topological polar surface area (TPSA) is 96.7 Å². The number of aromatic nitrogens is 2. The number of rotatable bonds is 3. The monoisotopic (exact) mass is 273 g/mol. The number of amides is 1. The zero-order valence-corrected chi connectivity index (χ0v) is 10.7. The highest BCUT2D eigenvalue weighted by Crippen LogP contribution is 2.17. The van der Waals surface area contributed by atoms with E-state index >= 15 is 0 Å². The van der Waals surface area contributed by atoms with E-state index in [9.17, 15) is 9.18 Å². The highest BCUT2D eigenvalue weighted by molar-refractivity contribution is 6.06. The van der Waals surface area contributed by atoms with Gasteiger partial charge in [0, 0.05) is 12.2 Å². The molecule has 0 atom stereocenters. The van der Waals surface area contributed by atoms with Gasteiger partial charge in [0.2, 0.25) is 0 Å². The fourth-order valence-corrected chi connectivity index (χ4v) is 1.77. The number of anilines is 2. The molecule has 0 radical (unpaired) electrons. The molecule has 6 nitrogen and oxygen atoms in total. The number of nitrogens with zero attached hydrogens (tertiary/aromatic N) is 3. The predicted octanol–water partition coefficient (Wildman–Crippen LogP) is 1.75. The number of halogens is 1. The van der Waals surface area contributed by atoms with Crippen LogP contribution in [0.3, 0.4) is 0 Å². The zero-order chi connectivity index (χ0) is 14.7. The van der Waals surface area contributed by atoms with Crippen LogP contribution >= 0.6 is 0 Å². The first-order valence-electron chi connectivity index (χ1n) is 5.89. The molecule has 0 unspecified atom stereocenters. The van der Waals surface area contributed by atoms with Crippen molar-refractivity contribution in [3.05, 3.63) is 41.5 Å². The Kier molecular flexibility index (Phi) is 3.66. The Balaban J connectivity index is 2.28. The van der Waals surface area contributed by atoms with Gasteiger partial charge in [-0.1, -0.05) is 0 Å². The molecule has 0 saturated heterocycles. The molecule has 0 bridgehead atoms. The van der Waals surface area contributed by atoms with Crippen LogP contribution in [0.25, 0.3) is 0 Å². The molecule has 1 aromatic carbocycles. The van der Waals surface area contributed by atoms with Gasteiger partial charge in [0.15, 0.2) is 0 Å². The van der Waals surface area contributed by atoms with E-state index in [1.54, 1.807) is 6.07 Å². The van der Waals surface area contributed by atoms with E-state index in [4.69, 9.17) is 11.0 Å². The first kappa shape index (κ1) is 13.5. The summed E-state index contributed by atoms with van der Waals surface area (Å²) < 4.78 is 14.7. The molecule has 1 aromatic heterocycles. The fraction of sp³-hybridized carbons (Fsp3) is 0.154. The third kappa shape index (κ3) is 2.44. The molecule has 0 aliphatic rings. The largest absolute Gasteiger partial charge is 0.396 e. The lowest BCUT2D eigenvalue weighted by molar-refractivity contribution is 0.101. The first-order valence-corrected chi connectivity index (χ1v) is 5.89. The number of carbonyl (C=O) groups excluding carboxylic acids is 1. The third-order valence-corrected chi connectivity index (χ3v) is 2.73. The van der Waals surface area contributed by atoms with E-state index in [0.717, 1.165) is 6.07 Å². The maximum Gasteiger partial charge on any atom is 0.276 e. The molecule has 0 aliphatic heterocycles. The summed E-state index contributed by atoms with van der Waals surface area (Å²) in [4.78, 5) is 12.1. The smallest absolute Gasteiger partial charge is 0.276 e. The summed E-state index contributed by atoms with van der Waals surface area (Å²) in [5, 5.41) is 15.3. The number of nitrogen functional groups attached to an aromatic ring is 1. The van der Waals surface area contributed by atoms with Gasteiger partial charge in [-0.25, -0.2) is 4.39 Å². The molecule has 7 heteroatoms. The molecule has 102 valence electrons. The average molecular weight is 273 g/mol. The van der Waals surface area contributed by atoms with Crippen molar-refractivity contribution in [2.75, 3.05) is 11.1 Å². The van der Waals surface area contributed by atoms with Gasteiger partial charge in [-0.3, -0.25) is 9.48 Å². The van der Waals surface area contributed by atoms with Crippen molar-refractivity contribution in [2.45, 2.75) is 13.5 Å². The fourth-order valence-electron chi connectivity index (χ4n) is 1.77. The van der Waals surface area contributed by atoms with Crippen molar-refractivity contribution in [3.63, 3.8) is 0 Å². The lowest BCUT2D eigenvalue weighted by Gasteiger charge is -2.08. The molecule has 1 heterocycles. The highest BCUT2D eigenvalue weighted by atomic mass is 19.1. The summed E-state index contributed by atoms with van der Waals surface area (Å²) in [5.41, 5.74) is 6.36. The Morgan fingerprint density at radius 1 is 1.60 bits per heavy atom. The maximum absolute atomic E-state index is 13.2. The van der Waals surface area contributed by atoms with Crippen LogP contribution in [0.2, 0.25) is 0 Å². The minimum Gasteiger partial charge on any atom is -0.396 e. The number of nitrogens with one attached hydrogen (secondary N) is 1. The van der Waals surface area contributed by atoms with Gasteiger partial charge < -0.3 is 11.1 Å². The molecule has 20 heavy (non-hydrogen) atoms. The van der Waals surface area contributed by atoms with E-state index in [2.05, 4.69) is 10.4 Å². The number of hydrogen-bond acceptors (Lipinski definition) is 4. The van der Waals surface area contributed by atoms with Crippen LogP contribution in [-0.4, -0.2) is 15.7 Å². The van der Waals surface area contributed by atoms with Gasteiger partial charge in [-0.15, -0.1) is 0 Å². The summed E-state index contributed by atoms with van der Waals surface area (Å²) in [5.74, 6) is -1.10. The molecule has 3 N–H and O–H groups in total. The lowest BCUT2D eigenvalue weighted by Crippen LogP contribution is -2.19. The van der Waals surface area contributed by atoms with Crippen LogP contribution in [0.5, 0.6) is 0 Å². The summed E-state index contributed by atoms with van der Waals surface area (Å²) in [6, 6.07) is 5.46. The Hall–Kier alpha value is -2.88. The van der Waals surface area contributed by atoms with Crippen LogP contribution in [0.15, 0.2) is 24.4 Å². The Morgan fingerprint density at radius 2 is 2.35 bits per heavy atom. The van der Waals surface area contributed by atoms with Gasteiger partial charge in [-0.05, 0) is 25.1 Å². The molecule has 2 rings (SSSR count). The molecular weight excluding hydrogens is 261 g/mol. The Labute approximate surface area is 114 Å². The molecular formula is C13H12FN5O. The van der Waals surface area contributed by atoms with Gasteiger partial charge >= 0.3 is 0 Å². The SMILES string of the molecule is CCn1ncc(N)c1C(=O)Nc1ccc(F)c(C#N)c1. The number of benzene rings is 1. The molecule has 0 saturated carbocycles. The Morgan fingerprint density at radius 3 is 3.00 bits per heavy atom.